The van der Waals surface area contributed by atoms with Crippen LogP contribution < -0.4 is 20.7 Å². The quantitative estimate of drug-likeness (QED) is 0.301. The largest absolute Gasteiger partial charge is 0.492 e. The summed E-state index contributed by atoms with van der Waals surface area (Å²) in [6, 6.07) is 16.6. The Bertz CT molecular complexity index is 1360. The number of fused-ring (bicyclic) bond motifs is 3. The SMILES string of the molecule is CC1C(=O)N(C(=O)[C@H](C)NC(=O)CCCOc2ccc(Cl)cc2Cl)c2cccc(N)c2-c2ccccc21. The van der Waals surface area contributed by atoms with Crippen LogP contribution in [0.1, 0.15) is 38.2 Å². The van der Waals surface area contributed by atoms with E-state index in [-0.39, 0.29) is 24.8 Å². The summed E-state index contributed by atoms with van der Waals surface area (Å²) in [5, 5.41) is 3.59. The maximum atomic E-state index is 13.5. The summed E-state index contributed by atoms with van der Waals surface area (Å²) in [5.41, 5.74) is 9.41. The lowest BCUT2D eigenvalue weighted by Crippen LogP contribution is -2.50. The molecule has 3 aromatic rings. The van der Waals surface area contributed by atoms with E-state index in [1.54, 1.807) is 50.2 Å². The minimum Gasteiger partial charge on any atom is -0.492 e. The van der Waals surface area contributed by atoms with E-state index in [1.165, 1.54) is 0 Å². The Hall–Kier alpha value is -3.55. The zero-order valence-corrected chi connectivity index (χ0v) is 22.0. The second kappa shape index (κ2) is 11.2. The number of carbonyl (C=O) groups excluding carboxylic acids is 3. The van der Waals surface area contributed by atoms with Gasteiger partial charge < -0.3 is 15.8 Å². The second-order valence-electron chi connectivity index (χ2n) is 8.88. The van der Waals surface area contributed by atoms with Crippen LogP contribution in [-0.4, -0.2) is 30.4 Å². The van der Waals surface area contributed by atoms with Crippen LogP contribution in [0.25, 0.3) is 11.1 Å². The molecule has 9 heteroatoms. The summed E-state index contributed by atoms with van der Waals surface area (Å²) in [6.45, 7) is 3.58. The summed E-state index contributed by atoms with van der Waals surface area (Å²) in [7, 11) is 0. The first-order valence-corrected chi connectivity index (χ1v) is 12.7. The lowest BCUT2D eigenvalue weighted by molar-refractivity contribution is -0.131. The van der Waals surface area contributed by atoms with E-state index >= 15 is 0 Å². The van der Waals surface area contributed by atoms with Gasteiger partial charge in [-0.1, -0.05) is 53.5 Å². The van der Waals surface area contributed by atoms with Crippen molar-refractivity contribution in [2.75, 3.05) is 17.2 Å². The van der Waals surface area contributed by atoms with Crippen LogP contribution in [-0.2, 0) is 14.4 Å². The molecule has 192 valence electrons. The van der Waals surface area contributed by atoms with Crippen molar-refractivity contribution >= 4 is 52.3 Å². The Labute approximate surface area is 225 Å². The third-order valence-electron chi connectivity index (χ3n) is 6.27. The van der Waals surface area contributed by atoms with Crippen molar-refractivity contribution in [3.05, 3.63) is 76.3 Å². The Balaban J connectivity index is 1.45. The molecule has 3 amide bonds. The molecule has 0 fully saturated rings. The molecule has 4 rings (SSSR count). The van der Waals surface area contributed by atoms with Crippen LogP contribution in [0, 0.1) is 0 Å². The number of imide groups is 1. The smallest absolute Gasteiger partial charge is 0.256 e. The van der Waals surface area contributed by atoms with Crippen molar-refractivity contribution in [2.24, 2.45) is 0 Å². The van der Waals surface area contributed by atoms with E-state index in [2.05, 4.69) is 5.32 Å². The molecule has 1 unspecified atom stereocenters. The number of halogens is 2. The van der Waals surface area contributed by atoms with Gasteiger partial charge in [0, 0.05) is 22.7 Å². The van der Waals surface area contributed by atoms with Gasteiger partial charge in [-0.3, -0.25) is 14.4 Å². The Morgan fingerprint density at radius 1 is 1.11 bits per heavy atom. The summed E-state index contributed by atoms with van der Waals surface area (Å²) in [5.74, 6) is -1.35. The fourth-order valence-corrected chi connectivity index (χ4v) is 4.85. The normalized spacial score (nSPS) is 15.3. The molecule has 1 aliphatic heterocycles. The Kier molecular flexibility index (Phi) is 8.05. The van der Waals surface area contributed by atoms with Crippen LogP contribution in [0.2, 0.25) is 10.0 Å². The van der Waals surface area contributed by atoms with Crippen molar-refractivity contribution in [2.45, 2.75) is 38.6 Å². The summed E-state index contributed by atoms with van der Waals surface area (Å²) >= 11 is 12.0. The van der Waals surface area contributed by atoms with Gasteiger partial charge >= 0.3 is 0 Å². The van der Waals surface area contributed by atoms with Crippen LogP contribution in [0.15, 0.2) is 60.7 Å². The maximum Gasteiger partial charge on any atom is 0.256 e. The van der Waals surface area contributed by atoms with Crippen LogP contribution in [0.4, 0.5) is 11.4 Å². The molecule has 0 radical (unpaired) electrons. The molecule has 1 heterocycles. The summed E-state index contributed by atoms with van der Waals surface area (Å²) in [6.07, 6.45) is 0.530. The van der Waals surface area contributed by atoms with Crippen molar-refractivity contribution in [3.63, 3.8) is 0 Å². The molecule has 0 aliphatic carbocycles. The Morgan fingerprint density at radius 3 is 2.62 bits per heavy atom. The molecular formula is C28H27Cl2N3O4. The van der Waals surface area contributed by atoms with E-state index in [0.717, 1.165) is 16.0 Å². The highest BCUT2D eigenvalue weighted by molar-refractivity contribution is 6.35. The monoisotopic (exact) mass is 539 g/mol. The highest BCUT2D eigenvalue weighted by Gasteiger charge is 2.37. The van der Waals surface area contributed by atoms with Gasteiger partial charge in [-0.25, -0.2) is 4.90 Å². The van der Waals surface area contributed by atoms with Gasteiger partial charge in [-0.2, -0.15) is 0 Å². The molecule has 2 atom stereocenters. The van der Waals surface area contributed by atoms with E-state index < -0.39 is 17.9 Å². The zero-order valence-electron chi connectivity index (χ0n) is 20.5. The predicted molar refractivity (Wildman–Crippen MR) is 146 cm³/mol. The number of nitrogens with two attached hydrogens (primary N) is 1. The fourth-order valence-electron chi connectivity index (χ4n) is 4.39. The molecule has 3 aromatic carbocycles. The van der Waals surface area contributed by atoms with Crippen LogP contribution >= 0.6 is 23.2 Å². The van der Waals surface area contributed by atoms with E-state index in [1.807, 2.05) is 24.3 Å². The molecule has 7 nitrogen and oxygen atoms in total. The first kappa shape index (κ1) is 26.5. The summed E-state index contributed by atoms with van der Waals surface area (Å²) in [4.78, 5) is 40.8. The number of rotatable bonds is 7. The number of anilines is 2. The first-order valence-electron chi connectivity index (χ1n) is 11.9. The number of amides is 3. The van der Waals surface area contributed by atoms with Crippen molar-refractivity contribution in [1.29, 1.82) is 0 Å². The number of ether oxygens (including phenoxy) is 1. The predicted octanol–water partition coefficient (Wildman–Crippen LogP) is 5.58. The number of hydrogen-bond acceptors (Lipinski definition) is 5. The number of carbonyl (C=O) groups is 3. The standard InChI is InChI=1S/C28H27Cl2N3O4/c1-16-19-7-3-4-8-20(19)26-22(31)9-5-10-23(26)33(27(16)35)28(36)17(2)32-25(34)11-6-14-37-24-13-12-18(29)15-21(24)30/h3-5,7-10,12-13,15-17H,6,11,14,31H2,1-2H3,(H,32,34)/t16?,17-/m0/s1. The molecule has 0 bridgehead atoms. The number of nitrogen functional groups attached to an aromatic ring is 1. The van der Waals surface area contributed by atoms with Crippen molar-refractivity contribution < 1.29 is 19.1 Å². The van der Waals surface area contributed by atoms with Crippen molar-refractivity contribution in [1.82, 2.24) is 5.32 Å². The topological polar surface area (TPSA) is 102 Å². The van der Waals surface area contributed by atoms with Gasteiger partial charge in [-0.15, -0.1) is 0 Å². The van der Waals surface area contributed by atoms with E-state index in [9.17, 15) is 14.4 Å². The van der Waals surface area contributed by atoms with Gasteiger partial charge in [0.05, 0.1) is 23.2 Å². The van der Waals surface area contributed by atoms with E-state index in [0.29, 0.717) is 39.2 Å². The van der Waals surface area contributed by atoms with Gasteiger partial charge in [0.25, 0.3) is 5.91 Å². The molecule has 0 spiro atoms. The minimum atomic E-state index is -0.939. The van der Waals surface area contributed by atoms with Gasteiger partial charge in [0.2, 0.25) is 11.8 Å². The zero-order chi connectivity index (χ0) is 26.7. The van der Waals surface area contributed by atoms with Crippen LogP contribution in [0.5, 0.6) is 5.75 Å². The average Bonchev–Trinajstić information content (AvgIpc) is 2.96. The number of hydrogen-bond donors (Lipinski definition) is 2. The maximum absolute atomic E-state index is 13.5. The number of nitrogens with one attached hydrogen (secondary N) is 1. The Morgan fingerprint density at radius 2 is 1.86 bits per heavy atom. The van der Waals surface area contributed by atoms with Crippen molar-refractivity contribution in [3.8, 4) is 16.9 Å². The van der Waals surface area contributed by atoms with E-state index in [4.69, 9.17) is 33.7 Å². The molecular weight excluding hydrogens is 513 g/mol. The fraction of sp³-hybridized carbons (Fsp3) is 0.250. The molecule has 1 aliphatic rings. The average molecular weight is 540 g/mol. The molecule has 3 N–H and O–H groups in total. The second-order valence-corrected chi connectivity index (χ2v) is 9.72. The minimum absolute atomic E-state index is 0.127. The third kappa shape index (κ3) is 5.58. The summed E-state index contributed by atoms with van der Waals surface area (Å²) < 4.78 is 5.61. The molecule has 0 saturated carbocycles. The number of nitrogens with zero attached hydrogens (tertiary/aromatic N) is 1. The van der Waals surface area contributed by atoms with Gasteiger partial charge in [-0.05, 0) is 61.7 Å². The number of benzene rings is 3. The van der Waals surface area contributed by atoms with Crippen LogP contribution in [0.3, 0.4) is 0 Å². The van der Waals surface area contributed by atoms with Gasteiger partial charge in [0.15, 0.2) is 0 Å². The highest BCUT2D eigenvalue weighted by Crippen LogP contribution is 2.44. The molecule has 37 heavy (non-hydrogen) atoms. The van der Waals surface area contributed by atoms with Gasteiger partial charge in [0.1, 0.15) is 11.8 Å². The lowest BCUT2D eigenvalue weighted by Gasteiger charge is -2.26. The first-order chi connectivity index (χ1) is 17.7. The molecule has 0 saturated heterocycles. The molecule has 0 aromatic heterocycles. The third-order valence-corrected chi connectivity index (χ3v) is 6.80. The highest BCUT2D eigenvalue weighted by atomic mass is 35.5. The lowest BCUT2D eigenvalue weighted by atomic mass is 9.92.